The fourth-order valence-electron chi connectivity index (χ4n) is 2.64. The van der Waals surface area contributed by atoms with Gasteiger partial charge in [-0.3, -0.25) is 19.9 Å². The zero-order valence-corrected chi connectivity index (χ0v) is 11.0. The number of hydrogen-bond acceptors (Lipinski definition) is 4. The molecule has 0 aromatic rings. The molecule has 1 unspecified atom stereocenters. The van der Waals surface area contributed by atoms with Crippen LogP contribution in [0.4, 0.5) is 0 Å². The number of carbonyl (C=O) groups excluding carboxylic acids is 2. The van der Waals surface area contributed by atoms with Gasteiger partial charge in [0.15, 0.2) is 0 Å². The first-order valence-electron chi connectivity index (χ1n) is 6.58. The number of hydrazine groups is 1. The van der Waals surface area contributed by atoms with Crippen molar-refractivity contribution in [1.82, 2.24) is 10.3 Å². The summed E-state index contributed by atoms with van der Waals surface area (Å²) in [5.74, 6) is 4.57. The predicted octanol–water partition coefficient (Wildman–Crippen LogP) is -0.125. The monoisotopic (exact) mass is 256 g/mol. The van der Waals surface area contributed by atoms with Crippen LogP contribution >= 0.6 is 0 Å². The van der Waals surface area contributed by atoms with Gasteiger partial charge in [-0.25, -0.2) is 5.84 Å². The Kier molecular flexibility index (Phi) is 6.07. The molecule has 2 amide bonds. The maximum Gasteiger partial charge on any atom is 0.233 e. The van der Waals surface area contributed by atoms with Crippen molar-refractivity contribution < 1.29 is 9.59 Å². The summed E-state index contributed by atoms with van der Waals surface area (Å²) in [7, 11) is 0. The zero-order valence-electron chi connectivity index (χ0n) is 11.0. The first-order valence-corrected chi connectivity index (χ1v) is 6.58. The fourth-order valence-corrected chi connectivity index (χ4v) is 2.64. The van der Waals surface area contributed by atoms with E-state index < -0.39 is 0 Å². The van der Waals surface area contributed by atoms with Crippen LogP contribution in [0, 0.1) is 0 Å². The molecule has 6 nitrogen and oxygen atoms in total. The lowest BCUT2D eigenvalue weighted by atomic mass is 10.1. The molecule has 0 aliphatic heterocycles. The van der Waals surface area contributed by atoms with Gasteiger partial charge in [0.25, 0.3) is 0 Å². The zero-order chi connectivity index (χ0) is 13.5. The molecule has 6 heteroatoms. The summed E-state index contributed by atoms with van der Waals surface area (Å²) in [6.07, 6.45) is 5.69. The number of rotatable bonds is 7. The third-order valence-corrected chi connectivity index (χ3v) is 3.65. The van der Waals surface area contributed by atoms with E-state index in [0.29, 0.717) is 18.9 Å². The van der Waals surface area contributed by atoms with Gasteiger partial charge in [0.2, 0.25) is 11.8 Å². The molecule has 0 aromatic heterocycles. The van der Waals surface area contributed by atoms with E-state index in [-0.39, 0.29) is 24.4 Å². The predicted molar refractivity (Wildman–Crippen MR) is 69.2 cm³/mol. The van der Waals surface area contributed by atoms with Crippen LogP contribution < -0.4 is 17.0 Å². The Morgan fingerprint density at radius 1 is 1.39 bits per heavy atom. The van der Waals surface area contributed by atoms with Crippen molar-refractivity contribution in [2.75, 3.05) is 6.54 Å². The van der Waals surface area contributed by atoms with Crippen molar-refractivity contribution in [2.45, 2.75) is 57.5 Å². The van der Waals surface area contributed by atoms with Gasteiger partial charge in [0, 0.05) is 18.5 Å². The Labute approximate surface area is 108 Å². The second-order valence-corrected chi connectivity index (χ2v) is 5.03. The minimum absolute atomic E-state index is 0.165. The Hall–Kier alpha value is -1.14. The highest BCUT2D eigenvalue weighted by Gasteiger charge is 2.27. The Morgan fingerprint density at radius 2 is 2.00 bits per heavy atom. The van der Waals surface area contributed by atoms with Crippen LogP contribution in [0.5, 0.6) is 0 Å². The van der Waals surface area contributed by atoms with Crippen LogP contribution in [-0.2, 0) is 9.59 Å². The molecule has 5 N–H and O–H groups in total. The largest absolute Gasteiger partial charge is 0.369 e. The van der Waals surface area contributed by atoms with Crippen molar-refractivity contribution in [3.8, 4) is 0 Å². The molecular formula is C12H24N4O2. The highest BCUT2D eigenvalue weighted by molar-refractivity contribution is 5.76. The number of nitrogens with zero attached hydrogens (tertiary/aromatic N) is 1. The highest BCUT2D eigenvalue weighted by Crippen LogP contribution is 2.25. The van der Waals surface area contributed by atoms with Crippen LogP contribution in [-0.4, -0.2) is 35.3 Å². The van der Waals surface area contributed by atoms with Gasteiger partial charge in [0.1, 0.15) is 0 Å². The van der Waals surface area contributed by atoms with E-state index in [2.05, 4.69) is 10.3 Å². The van der Waals surface area contributed by atoms with Gasteiger partial charge in [-0.05, 0) is 26.2 Å². The van der Waals surface area contributed by atoms with Gasteiger partial charge >= 0.3 is 0 Å². The van der Waals surface area contributed by atoms with Crippen LogP contribution in [0.2, 0.25) is 0 Å². The molecule has 0 bridgehead atoms. The fraction of sp³-hybridized carbons (Fsp3) is 0.833. The normalized spacial score (nSPS) is 17.9. The Balaban J connectivity index is 2.51. The first-order chi connectivity index (χ1) is 8.54. The van der Waals surface area contributed by atoms with Crippen molar-refractivity contribution in [2.24, 2.45) is 11.6 Å². The molecule has 104 valence electrons. The molecular weight excluding hydrogens is 232 g/mol. The lowest BCUT2D eigenvalue weighted by Gasteiger charge is -2.33. The smallest absolute Gasteiger partial charge is 0.233 e. The maximum atomic E-state index is 11.1. The van der Waals surface area contributed by atoms with Crippen molar-refractivity contribution in [1.29, 1.82) is 0 Å². The molecule has 1 aliphatic carbocycles. The molecule has 1 aliphatic rings. The highest BCUT2D eigenvalue weighted by atomic mass is 16.2. The van der Waals surface area contributed by atoms with Gasteiger partial charge in [0.05, 0.1) is 6.54 Å². The molecule has 1 atom stereocenters. The van der Waals surface area contributed by atoms with Crippen LogP contribution in [0.25, 0.3) is 0 Å². The molecule has 0 radical (unpaired) electrons. The summed E-state index contributed by atoms with van der Waals surface area (Å²) in [5, 5.41) is 0. The number of primary amides is 1. The maximum absolute atomic E-state index is 11.1. The number of amides is 2. The van der Waals surface area contributed by atoms with Gasteiger partial charge in [-0.2, -0.15) is 0 Å². The van der Waals surface area contributed by atoms with Crippen LogP contribution in [0.15, 0.2) is 0 Å². The number of hydrogen-bond donors (Lipinski definition) is 3. The van der Waals surface area contributed by atoms with Gasteiger partial charge in [-0.15, -0.1) is 0 Å². The minimum atomic E-state index is -0.308. The van der Waals surface area contributed by atoms with Gasteiger partial charge < -0.3 is 5.73 Å². The molecule has 18 heavy (non-hydrogen) atoms. The van der Waals surface area contributed by atoms with E-state index in [0.717, 1.165) is 12.8 Å². The number of nitrogens with one attached hydrogen (secondary N) is 1. The second kappa shape index (κ2) is 7.33. The van der Waals surface area contributed by atoms with E-state index >= 15 is 0 Å². The quantitative estimate of drug-likeness (QED) is 0.335. The second-order valence-electron chi connectivity index (χ2n) is 5.03. The van der Waals surface area contributed by atoms with E-state index in [1.54, 1.807) is 0 Å². The summed E-state index contributed by atoms with van der Waals surface area (Å²) < 4.78 is 0. The molecule has 0 heterocycles. The van der Waals surface area contributed by atoms with Gasteiger partial charge in [-0.1, -0.05) is 12.8 Å². The molecule has 1 saturated carbocycles. The Morgan fingerprint density at radius 3 is 2.50 bits per heavy atom. The standard InChI is InChI=1S/C12H24N4O2/c1-9(6-7-12(18)15-14)16(8-11(13)17)10-4-2-3-5-10/h9-10H,2-8,14H2,1H3,(H2,13,17)(H,15,18). The third kappa shape index (κ3) is 4.62. The average molecular weight is 256 g/mol. The van der Waals surface area contributed by atoms with E-state index in [1.165, 1.54) is 12.8 Å². The number of nitrogens with two attached hydrogens (primary N) is 2. The summed E-state index contributed by atoms with van der Waals surface area (Å²) in [6, 6.07) is 0.589. The lowest BCUT2D eigenvalue weighted by molar-refractivity contribution is -0.121. The minimum Gasteiger partial charge on any atom is -0.369 e. The molecule has 1 fully saturated rings. The summed E-state index contributed by atoms with van der Waals surface area (Å²) in [4.78, 5) is 24.4. The summed E-state index contributed by atoms with van der Waals surface area (Å²) in [5.41, 5.74) is 7.42. The van der Waals surface area contributed by atoms with Crippen molar-refractivity contribution in [3.05, 3.63) is 0 Å². The molecule has 0 saturated heterocycles. The average Bonchev–Trinajstić information content (AvgIpc) is 2.85. The molecule has 1 rings (SSSR count). The summed E-state index contributed by atoms with van der Waals surface area (Å²) >= 11 is 0. The van der Waals surface area contributed by atoms with E-state index in [4.69, 9.17) is 11.6 Å². The Bertz CT molecular complexity index is 290. The van der Waals surface area contributed by atoms with Crippen LogP contribution in [0.1, 0.15) is 45.4 Å². The SMILES string of the molecule is CC(CCC(=O)NN)N(CC(N)=O)C1CCCC1. The third-order valence-electron chi connectivity index (χ3n) is 3.65. The lowest BCUT2D eigenvalue weighted by Crippen LogP contribution is -2.46. The van der Waals surface area contributed by atoms with Crippen LogP contribution in [0.3, 0.4) is 0 Å². The van der Waals surface area contributed by atoms with Crippen molar-refractivity contribution in [3.63, 3.8) is 0 Å². The molecule has 0 spiro atoms. The van der Waals surface area contributed by atoms with Crippen molar-refractivity contribution >= 4 is 11.8 Å². The topological polar surface area (TPSA) is 101 Å². The molecule has 0 aromatic carbocycles. The van der Waals surface area contributed by atoms with E-state index in [1.807, 2.05) is 6.92 Å². The van der Waals surface area contributed by atoms with E-state index in [9.17, 15) is 9.59 Å². The number of carbonyl (C=O) groups is 2. The summed E-state index contributed by atoms with van der Waals surface area (Å²) in [6.45, 7) is 2.31. The first kappa shape index (κ1) is 14.9.